The van der Waals surface area contributed by atoms with Gasteiger partial charge in [-0.15, -0.1) is 0 Å². The molecule has 1 aromatic heterocycles. The molecule has 4 nitrogen and oxygen atoms in total. The Balaban J connectivity index is 1.88. The van der Waals surface area contributed by atoms with Crippen molar-refractivity contribution in [2.75, 3.05) is 5.32 Å². The van der Waals surface area contributed by atoms with E-state index < -0.39 is 0 Å². The van der Waals surface area contributed by atoms with Crippen molar-refractivity contribution < 1.29 is 4.79 Å². The molecule has 0 aliphatic heterocycles. The number of urea groups is 1. The smallest absolute Gasteiger partial charge is 0.319 e. The molecule has 0 fully saturated rings. The second kappa shape index (κ2) is 7.24. The number of carbonyl (C=O) groups is 1. The Bertz CT molecular complexity index is 581. The van der Waals surface area contributed by atoms with Gasteiger partial charge in [-0.3, -0.25) is 0 Å². The molecule has 0 aliphatic carbocycles. The Labute approximate surface area is 129 Å². The first-order valence-electron chi connectivity index (χ1n) is 6.98. The van der Waals surface area contributed by atoms with Crippen LogP contribution in [0, 0.1) is 0 Å². The van der Waals surface area contributed by atoms with E-state index in [1.54, 1.807) is 11.3 Å². The number of nitrogens with two attached hydrogens (primary N) is 1. The first-order chi connectivity index (χ1) is 10.0. The largest absolute Gasteiger partial charge is 0.335 e. The second-order valence-electron chi connectivity index (χ2n) is 5.25. The number of hydrogen-bond donors (Lipinski definition) is 3. The summed E-state index contributed by atoms with van der Waals surface area (Å²) in [5.41, 5.74) is 8.84. The van der Waals surface area contributed by atoms with Gasteiger partial charge in [0, 0.05) is 17.8 Å². The molecule has 0 spiro atoms. The summed E-state index contributed by atoms with van der Waals surface area (Å²) in [5, 5.41) is 9.93. The summed E-state index contributed by atoms with van der Waals surface area (Å²) in [5.74, 6) is 0. The van der Waals surface area contributed by atoms with Crippen molar-refractivity contribution in [1.82, 2.24) is 5.32 Å². The van der Waals surface area contributed by atoms with Gasteiger partial charge in [0.2, 0.25) is 0 Å². The first-order valence-corrected chi connectivity index (χ1v) is 7.93. The van der Waals surface area contributed by atoms with Crippen molar-refractivity contribution in [3.05, 3.63) is 52.2 Å². The van der Waals surface area contributed by atoms with Gasteiger partial charge in [0.1, 0.15) is 0 Å². The van der Waals surface area contributed by atoms with Crippen LogP contribution in [0.15, 0.2) is 41.1 Å². The fourth-order valence-electron chi connectivity index (χ4n) is 2.10. The maximum atomic E-state index is 12.0. The molecule has 112 valence electrons. The van der Waals surface area contributed by atoms with Crippen LogP contribution in [0.2, 0.25) is 0 Å². The molecule has 0 aliphatic rings. The number of hydrogen-bond acceptors (Lipinski definition) is 3. The normalized spacial score (nSPS) is 13.5. The number of benzene rings is 1. The van der Waals surface area contributed by atoms with Gasteiger partial charge in [-0.2, -0.15) is 11.3 Å². The Morgan fingerprint density at radius 1 is 1.33 bits per heavy atom. The lowest BCUT2D eigenvalue weighted by Crippen LogP contribution is -2.37. The number of carbonyl (C=O) groups excluding carboxylic acids is 1. The number of amides is 2. The molecule has 2 atom stereocenters. The van der Waals surface area contributed by atoms with Gasteiger partial charge >= 0.3 is 6.03 Å². The third kappa shape index (κ3) is 4.88. The van der Waals surface area contributed by atoms with Crippen LogP contribution in [0.1, 0.15) is 31.0 Å². The molecule has 2 unspecified atom stereocenters. The van der Waals surface area contributed by atoms with Crippen LogP contribution in [0.5, 0.6) is 0 Å². The molecule has 21 heavy (non-hydrogen) atoms. The van der Waals surface area contributed by atoms with E-state index in [4.69, 9.17) is 5.73 Å². The highest BCUT2D eigenvalue weighted by Crippen LogP contribution is 2.15. The summed E-state index contributed by atoms with van der Waals surface area (Å²) < 4.78 is 0. The minimum atomic E-state index is -0.195. The molecule has 5 heteroatoms. The molecule has 2 amide bonds. The van der Waals surface area contributed by atoms with Crippen LogP contribution >= 0.6 is 11.3 Å². The summed E-state index contributed by atoms with van der Waals surface area (Å²) in [4.78, 5) is 12.0. The number of anilines is 1. The van der Waals surface area contributed by atoms with E-state index in [2.05, 4.69) is 22.1 Å². The number of nitrogens with one attached hydrogen (secondary N) is 2. The Morgan fingerprint density at radius 2 is 2.14 bits per heavy atom. The lowest BCUT2D eigenvalue weighted by atomic mass is 10.1. The van der Waals surface area contributed by atoms with Gasteiger partial charge in [0.05, 0.1) is 0 Å². The third-order valence-electron chi connectivity index (χ3n) is 3.17. The van der Waals surface area contributed by atoms with Crippen LogP contribution < -0.4 is 16.4 Å². The maximum absolute atomic E-state index is 12.0. The first kappa shape index (κ1) is 15.5. The molecular formula is C16H21N3OS. The quantitative estimate of drug-likeness (QED) is 0.791. The van der Waals surface area contributed by atoms with E-state index in [1.807, 2.05) is 43.5 Å². The van der Waals surface area contributed by atoms with Crippen LogP contribution in [0.25, 0.3) is 0 Å². The maximum Gasteiger partial charge on any atom is 0.319 e. The zero-order chi connectivity index (χ0) is 15.2. The fourth-order valence-corrected chi connectivity index (χ4v) is 2.79. The predicted molar refractivity (Wildman–Crippen MR) is 88.7 cm³/mol. The van der Waals surface area contributed by atoms with E-state index in [1.165, 1.54) is 5.56 Å². The van der Waals surface area contributed by atoms with Gasteiger partial charge in [-0.05, 0) is 60.4 Å². The standard InChI is InChI=1S/C16H21N3OS/c1-11(8-13-6-7-21-10-13)18-16(20)19-15-5-3-4-14(9-15)12(2)17/h3-7,9-12H,8,17H2,1-2H3,(H2,18,19,20). The van der Waals surface area contributed by atoms with Gasteiger partial charge in [-0.25, -0.2) is 4.79 Å². The summed E-state index contributed by atoms with van der Waals surface area (Å²) in [6, 6.07) is 9.51. The third-order valence-corrected chi connectivity index (χ3v) is 3.90. The average molecular weight is 303 g/mol. The van der Waals surface area contributed by atoms with Crippen molar-refractivity contribution in [3.63, 3.8) is 0 Å². The van der Waals surface area contributed by atoms with Crippen LogP contribution in [0.3, 0.4) is 0 Å². The van der Waals surface area contributed by atoms with Gasteiger partial charge in [-0.1, -0.05) is 12.1 Å². The van der Waals surface area contributed by atoms with E-state index in [9.17, 15) is 4.79 Å². The SMILES string of the molecule is CC(Cc1ccsc1)NC(=O)Nc1cccc(C(C)N)c1. The zero-order valence-electron chi connectivity index (χ0n) is 12.3. The summed E-state index contributed by atoms with van der Waals surface area (Å²) in [6.45, 7) is 3.91. The lowest BCUT2D eigenvalue weighted by molar-refractivity contribution is 0.249. The van der Waals surface area contributed by atoms with Crippen molar-refractivity contribution >= 4 is 23.1 Å². The molecule has 0 saturated heterocycles. The van der Waals surface area contributed by atoms with Gasteiger partial charge < -0.3 is 16.4 Å². The van der Waals surface area contributed by atoms with E-state index in [0.29, 0.717) is 0 Å². The second-order valence-corrected chi connectivity index (χ2v) is 6.03. The topological polar surface area (TPSA) is 67.2 Å². The van der Waals surface area contributed by atoms with E-state index >= 15 is 0 Å². The summed E-state index contributed by atoms with van der Waals surface area (Å²) in [7, 11) is 0. The van der Waals surface area contributed by atoms with Crippen LogP contribution in [-0.2, 0) is 6.42 Å². The summed E-state index contributed by atoms with van der Waals surface area (Å²) >= 11 is 1.67. The average Bonchev–Trinajstić information content (AvgIpc) is 2.91. The van der Waals surface area contributed by atoms with Crippen molar-refractivity contribution in [1.29, 1.82) is 0 Å². The van der Waals surface area contributed by atoms with E-state index in [0.717, 1.165) is 17.7 Å². The van der Waals surface area contributed by atoms with Crippen molar-refractivity contribution in [3.8, 4) is 0 Å². The Kier molecular flexibility index (Phi) is 5.36. The lowest BCUT2D eigenvalue weighted by Gasteiger charge is -2.15. The fraction of sp³-hybridized carbons (Fsp3) is 0.312. The number of thiophene rings is 1. The Hall–Kier alpha value is -1.85. The highest BCUT2D eigenvalue weighted by Gasteiger charge is 2.09. The van der Waals surface area contributed by atoms with Gasteiger partial charge in [0.15, 0.2) is 0 Å². The van der Waals surface area contributed by atoms with Crippen LogP contribution in [-0.4, -0.2) is 12.1 Å². The molecule has 0 saturated carbocycles. The number of rotatable bonds is 5. The molecule has 0 bridgehead atoms. The highest BCUT2D eigenvalue weighted by atomic mass is 32.1. The molecule has 4 N–H and O–H groups in total. The zero-order valence-corrected chi connectivity index (χ0v) is 13.1. The molecular weight excluding hydrogens is 282 g/mol. The monoisotopic (exact) mass is 303 g/mol. The minimum absolute atomic E-state index is 0.0488. The van der Waals surface area contributed by atoms with Crippen molar-refractivity contribution in [2.45, 2.75) is 32.4 Å². The molecule has 1 heterocycles. The van der Waals surface area contributed by atoms with Crippen LogP contribution in [0.4, 0.5) is 10.5 Å². The van der Waals surface area contributed by atoms with Gasteiger partial charge in [0.25, 0.3) is 0 Å². The highest BCUT2D eigenvalue weighted by molar-refractivity contribution is 7.07. The minimum Gasteiger partial charge on any atom is -0.335 e. The Morgan fingerprint density at radius 3 is 2.81 bits per heavy atom. The predicted octanol–water partition coefficient (Wildman–Crippen LogP) is 3.52. The molecule has 0 radical (unpaired) electrons. The van der Waals surface area contributed by atoms with E-state index in [-0.39, 0.29) is 18.1 Å². The molecule has 1 aromatic carbocycles. The van der Waals surface area contributed by atoms with Crippen molar-refractivity contribution in [2.24, 2.45) is 5.73 Å². The summed E-state index contributed by atoms with van der Waals surface area (Å²) in [6.07, 6.45) is 0.830. The molecule has 2 aromatic rings. The molecule has 2 rings (SSSR count).